The number of esters is 1. The topological polar surface area (TPSA) is 64.6 Å². The second-order valence-electron chi connectivity index (χ2n) is 6.76. The molecule has 1 atom stereocenters. The highest BCUT2D eigenvalue weighted by Gasteiger charge is 2.19. The zero-order valence-electron chi connectivity index (χ0n) is 16.5. The Balaban J connectivity index is 1.62. The van der Waals surface area contributed by atoms with Crippen LogP contribution in [0.5, 0.6) is 5.75 Å². The summed E-state index contributed by atoms with van der Waals surface area (Å²) in [5.74, 6) is -0.599. The second-order valence-corrected chi connectivity index (χ2v) is 7.17. The Labute approximate surface area is 174 Å². The highest BCUT2D eigenvalue weighted by molar-refractivity contribution is 6.31. The minimum absolute atomic E-state index is 0.361. The van der Waals surface area contributed by atoms with Crippen molar-refractivity contribution in [1.82, 2.24) is 0 Å². The van der Waals surface area contributed by atoms with Crippen molar-refractivity contribution in [2.45, 2.75) is 19.8 Å². The lowest BCUT2D eigenvalue weighted by Crippen LogP contribution is -2.23. The third kappa shape index (κ3) is 4.87. The lowest BCUT2D eigenvalue weighted by molar-refractivity contribution is -0.148. The van der Waals surface area contributed by atoms with E-state index in [0.717, 1.165) is 27.6 Å². The van der Waals surface area contributed by atoms with Crippen LogP contribution in [-0.4, -0.2) is 25.6 Å². The summed E-state index contributed by atoms with van der Waals surface area (Å²) in [4.78, 5) is 24.5. The molecule has 5 nitrogen and oxygen atoms in total. The first-order valence-electron chi connectivity index (χ1n) is 9.18. The number of halogens is 1. The average Bonchev–Trinajstić information content (AvgIpc) is 2.74. The van der Waals surface area contributed by atoms with Gasteiger partial charge in [-0.05, 0) is 60.0 Å². The Hall–Kier alpha value is -3.05. The summed E-state index contributed by atoms with van der Waals surface area (Å²) < 4.78 is 10.4. The van der Waals surface area contributed by atoms with Crippen molar-refractivity contribution in [2.24, 2.45) is 0 Å². The van der Waals surface area contributed by atoms with Crippen LogP contribution < -0.4 is 10.1 Å². The van der Waals surface area contributed by atoms with Crippen LogP contribution in [0.1, 0.15) is 24.0 Å². The minimum Gasteiger partial charge on any atom is -0.497 e. The molecule has 0 spiro atoms. The first kappa shape index (κ1) is 20.7. The summed E-state index contributed by atoms with van der Waals surface area (Å²) in [6.07, 6.45) is 0. The zero-order valence-corrected chi connectivity index (χ0v) is 17.2. The molecule has 150 valence electrons. The standard InChI is InChI=1S/C23H22ClNO4/c1-14(16-7-8-18-12-19(28-3)10-9-17(18)11-16)23(27)29-13-22(26)25-21-6-4-5-20(24)15(21)2/h4-12,14H,13H2,1-3H3,(H,25,26)/t14-/m0/s1. The molecule has 0 fully saturated rings. The van der Waals surface area contributed by atoms with E-state index in [4.69, 9.17) is 21.1 Å². The number of hydrogen-bond donors (Lipinski definition) is 1. The molecule has 0 saturated carbocycles. The van der Waals surface area contributed by atoms with Gasteiger partial charge in [0.15, 0.2) is 6.61 Å². The number of carbonyl (C=O) groups is 2. The van der Waals surface area contributed by atoms with E-state index in [2.05, 4.69) is 5.32 Å². The van der Waals surface area contributed by atoms with E-state index in [0.29, 0.717) is 10.7 Å². The van der Waals surface area contributed by atoms with Crippen molar-refractivity contribution >= 4 is 39.9 Å². The number of methoxy groups -OCH3 is 1. The van der Waals surface area contributed by atoms with Gasteiger partial charge >= 0.3 is 5.97 Å². The maximum absolute atomic E-state index is 12.4. The molecule has 29 heavy (non-hydrogen) atoms. The summed E-state index contributed by atoms with van der Waals surface area (Å²) in [6, 6.07) is 16.7. The fourth-order valence-electron chi connectivity index (χ4n) is 2.97. The summed E-state index contributed by atoms with van der Waals surface area (Å²) in [6.45, 7) is 3.20. The number of ether oxygens (including phenoxy) is 2. The highest BCUT2D eigenvalue weighted by atomic mass is 35.5. The Bertz CT molecular complexity index is 1060. The third-order valence-corrected chi connectivity index (χ3v) is 5.22. The second kappa shape index (κ2) is 8.97. The molecule has 0 saturated heterocycles. The molecule has 6 heteroatoms. The molecular formula is C23H22ClNO4. The van der Waals surface area contributed by atoms with Crippen molar-refractivity contribution in [3.8, 4) is 5.75 Å². The van der Waals surface area contributed by atoms with E-state index in [9.17, 15) is 9.59 Å². The molecule has 0 bridgehead atoms. The lowest BCUT2D eigenvalue weighted by atomic mass is 9.98. The van der Waals surface area contributed by atoms with E-state index in [1.165, 1.54) is 0 Å². The van der Waals surface area contributed by atoms with E-state index < -0.39 is 17.8 Å². The molecule has 0 heterocycles. The first-order chi connectivity index (χ1) is 13.9. The SMILES string of the molecule is COc1ccc2cc([C@H](C)C(=O)OCC(=O)Nc3cccc(Cl)c3C)ccc2c1. The number of carbonyl (C=O) groups excluding carboxylic acids is 2. The van der Waals surface area contributed by atoms with Crippen LogP contribution in [0.2, 0.25) is 5.02 Å². The van der Waals surface area contributed by atoms with Gasteiger partial charge in [0.2, 0.25) is 0 Å². The number of nitrogens with one attached hydrogen (secondary N) is 1. The van der Waals surface area contributed by atoms with Crippen LogP contribution in [0, 0.1) is 6.92 Å². The summed E-state index contributed by atoms with van der Waals surface area (Å²) >= 11 is 6.05. The molecule has 3 aromatic rings. The van der Waals surface area contributed by atoms with Gasteiger partial charge in [-0.25, -0.2) is 0 Å². The Morgan fingerprint density at radius 1 is 1.07 bits per heavy atom. The number of hydrogen-bond acceptors (Lipinski definition) is 4. The Morgan fingerprint density at radius 3 is 2.55 bits per heavy atom. The van der Waals surface area contributed by atoms with Gasteiger partial charge in [-0.1, -0.05) is 41.9 Å². The Kier molecular flexibility index (Phi) is 6.39. The van der Waals surface area contributed by atoms with E-state index in [-0.39, 0.29) is 6.61 Å². The smallest absolute Gasteiger partial charge is 0.313 e. The molecule has 3 rings (SSSR count). The van der Waals surface area contributed by atoms with E-state index in [1.54, 1.807) is 39.2 Å². The molecule has 0 aromatic heterocycles. The predicted octanol–water partition coefficient (Wildman–Crippen LogP) is 5.10. The quantitative estimate of drug-likeness (QED) is 0.573. The zero-order chi connectivity index (χ0) is 21.0. The van der Waals surface area contributed by atoms with Crippen LogP contribution in [-0.2, 0) is 14.3 Å². The molecule has 1 N–H and O–H groups in total. The Morgan fingerprint density at radius 2 is 1.79 bits per heavy atom. The molecule has 0 radical (unpaired) electrons. The summed E-state index contributed by atoms with van der Waals surface area (Å²) in [5.41, 5.74) is 2.17. The number of benzene rings is 3. The summed E-state index contributed by atoms with van der Waals surface area (Å²) in [5, 5.41) is 5.28. The maximum Gasteiger partial charge on any atom is 0.313 e. The molecule has 0 unspecified atom stereocenters. The summed E-state index contributed by atoms with van der Waals surface area (Å²) in [7, 11) is 1.62. The normalized spacial score (nSPS) is 11.7. The van der Waals surface area contributed by atoms with E-state index in [1.807, 2.05) is 36.4 Å². The maximum atomic E-state index is 12.4. The van der Waals surface area contributed by atoms with Crippen LogP contribution >= 0.6 is 11.6 Å². The van der Waals surface area contributed by atoms with Crippen molar-refractivity contribution in [2.75, 3.05) is 19.0 Å². The number of rotatable bonds is 6. The largest absolute Gasteiger partial charge is 0.497 e. The van der Waals surface area contributed by atoms with Crippen molar-refractivity contribution in [1.29, 1.82) is 0 Å². The number of anilines is 1. The molecule has 1 amide bonds. The van der Waals surface area contributed by atoms with Crippen molar-refractivity contribution in [3.63, 3.8) is 0 Å². The fraction of sp³-hybridized carbons (Fsp3) is 0.217. The number of amides is 1. The molecular weight excluding hydrogens is 390 g/mol. The minimum atomic E-state index is -0.498. The van der Waals surface area contributed by atoms with Gasteiger partial charge in [0, 0.05) is 10.7 Å². The van der Waals surface area contributed by atoms with Crippen molar-refractivity contribution < 1.29 is 19.1 Å². The monoisotopic (exact) mass is 411 g/mol. The van der Waals surface area contributed by atoms with Crippen LogP contribution in [0.4, 0.5) is 5.69 Å². The van der Waals surface area contributed by atoms with Gasteiger partial charge < -0.3 is 14.8 Å². The predicted molar refractivity (Wildman–Crippen MR) is 115 cm³/mol. The van der Waals surface area contributed by atoms with E-state index >= 15 is 0 Å². The van der Waals surface area contributed by atoms with Gasteiger partial charge in [-0.15, -0.1) is 0 Å². The van der Waals surface area contributed by atoms with Gasteiger partial charge in [-0.3, -0.25) is 9.59 Å². The van der Waals surface area contributed by atoms with Gasteiger partial charge in [0.1, 0.15) is 5.75 Å². The fourth-order valence-corrected chi connectivity index (χ4v) is 3.14. The highest BCUT2D eigenvalue weighted by Crippen LogP contribution is 2.26. The van der Waals surface area contributed by atoms with Gasteiger partial charge in [-0.2, -0.15) is 0 Å². The first-order valence-corrected chi connectivity index (χ1v) is 9.56. The molecule has 0 aliphatic heterocycles. The molecule has 3 aromatic carbocycles. The van der Waals surface area contributed by atoms with Crippen LogP contribution in [0.25, 0.3) is 10.8 Å². The van der Waals surface area contributed by atoms with Gasteiger partial charge in [0.05, 0.1) is 13.0 Å². The lowest BCUT2D eigenvalue weighted by Gasteiger charge is -2.14. The number of fused-ring (bicyclic) bond motifs is 1. The van der Waals surface area contributed by atoms with Crippen molar-refractivity contribution in [3.05, 3.63) is 70.7 Å². The van der Waals surface area contributed by atoms with Crippen LogP contribution in [0.15, 0.2) is 54.6 Å². The van der Waals surface area contributed by atoms with Crippen LogP contribution in [0.3, 0.4) is 0 Å². The molecule has 0 aliphatic carbocycles. The van der Waals surface area contributed by atoms with Gasteiger partial charge in [0.25, 0.3) is 5.91 Å². The average molecular weight is 412 g/mol. The third-order valence-electron chi connectivity index (χ3n) is 4.81. The molecule has 0 aliphatic rings.